The Hall–Kier alpha value is -2.11. The molecule has 1 aromatic carbocycles. The highest BCUT2D eigenvalue weighted by Crippen LogP contribution is 2.32. The zero-order valence-electron chi connectivity index (χ0n) is 13.3. The van der Waals surface area contributed by atoms with Crippen LogP contribution >= 0.6 is 0 Å². The van der Waals surface area contributed by atoms with Gasteiger partial charge in [0.1, 0.15) is 5.82 Å². The van der Waals surface area contributed by atoms with Crippen LogP contribution in [0.25, 0.3) is 10.9 Å². The first-order valence-electron chi connectivity index (χ1n) is 8.05. The SMILES string of the molecule is C=CCn1c(N2CCN(CCO)CC2)c(C=O)c2ccccc21. The summed E-state index contributed by atoms with van der Waals surface area (Å²) in [5.41, 5.74) is 1.83. The molecule has 122 valence electrons. The van der Waals surface area contributed by atoms with E-state index in [4.69, 9.17) is 5.11 Å². The summed E-state index contributed by atoms with van der Waals surface area (Å²) in [4.78, 5) is 16.3. The fourth-order valence-electron chi connectivity index (χ4n) is 3.41. The summed E-state index contributed by atoms with van der Waals surface area (Å²) >= 11 is 0. The van der Waals surface area contributed by atoms with E-state index >= 15 is 0 Å². The number of carbonyl (C=O) groups is 1. The van der Waals surface area contributed by atoms with E-state index in [9.17, 15) is 4.79 Å². The van der Waals surface area contributed by atoms with E-state index in [1.165, 1.54) is 0 Å². The number of aliphatic hydroxyl groups is 1. The van der Waals surface area contributed by atoms with Crippen LogP contribution in [-0.2, 0) is 6.54 Å². The van der Waals surface area contributed by atoms with Gasteiger partial charge in [-0.05, 0) is 6.07 Å². The zero-order chi connectivity index (χ0) is 16.2. The first-order chi connectivity index (χ1) is 11.3. The highest BCUT2D eigenvalue weighted by atomic mass is 16.3. The molecule has 0 amide bonds. The molecule has 0 unspecified atom stereocenters. The number of rotatable bonds is 6. The fourth-order valence-corrected chi connectivity index (χ4v) is 3.41. The van der Waals surface area contributed by atoms with Gasteiger partial charge in [0.2, 0.25) is 0 Å². The van der Waals surface area contributed by atoms with Crippen molar-refractivity contribution in [3.63, 3.8) is 0 Å². The number of β-amino-alcohol motifs (C(OH)–C–C–N with tert-alkyl or cyclic N) is 1. The standard InChI is InChI=1S/C18H23N3O2/c1-2-7-21-17-6-4-3-5-15(17)16(14-23)18(21)20-10-8-19(9-11-20)12-13-22/h2-6,14,22H,1,7-13H2. The number of aliphatic hydroxyl groups excluding tert-OH is 1. The average molecular weight is 313 g/mol. The summed E-state index contributed by atoms with van der Waals surface area (Å²) in [6, 6.07) is 8.03. The van der Waals surface area contributed by atoms with Crippen molar-refractivity contribution in [3.05, 3.63) is 42.5 Å². The van der Waals surface area contributed by atoms with Crippen molar-refractivity contribution in [2.24, 2.45) is 0 Å². The van der Waals surface area contributed by atoms with E-state index in [1.54, 1.807) is 0 Å². The van der Waals surface area contributed by atoms with Crippen molar-refractivity contribution in [1.82, 2.24) is 9.47 Å². The molecule has 1 saturated heterocycles. The molecule has 23 heavy (non-hydrogen) atoms. The average Bonchev–Trinajstić information content (AvgIpc) is 2.90. The van der Waals surface area contributed by atoms with E-state index in [0.29, 0.717) is 13.1 Å². The molecular formula is C18H23N3O2. The Labute approximate surface area is 136 Å². The molecule has 1 aliphatic heterocycles. The van der Waals surface area contributed by atoms with E-state index in [2.05, 4.69) is 27.0 Å². The van der Waals surface area contributed by atoms with Gasteiger partial charge in [-0.25, -0.2) is 0 Å². The lowest BCUT2D eigenvalue weighted by atomic mass is 10.1. The third kappa shape index (κ3) is 2.90. The number of allylic oxidation sites excluding steroid dienone is 1. The van der Waals surface area contributed by atoms with Crippen molar-refractivity contribution in [3.8, 4) is 0 Å². The summed E-state index contributed by atoms with van der Waals surface area (Å²) < 4.78 is 2.17. The fraction of sp³-hybridized carbons (Fsp3) is 0.389. The second-order valence-corrected chi connectivity index (χ2v) is 5.82. The van der Waals surface area contributed by atoms with Crippen molar-refractivity contribution >= 4 is 23.0 Å². The Morgan fingerprint density at radius 3 is 2.57 bits per heavy atom. The van der Waals surface area contributed by atoms with Crippen LogP contribution in [0.5, 0.6) is 0 Å². The van der Waals surface area contributed by atoms with Gasteiger partial charge >= 0.3 is 0 Å². The van der Waals surface area contributed by atoms with Crippen LogP contribution in [0.1, 0.15) is 10.4 Å². The Morgan fingerprint density at radius 2 is 1.91 bits per heavy atom. The molecule has 0 bridgehead atoms. The number of fused-ring (bicyclic) bond motifs is 1. The van der Waals surface area contributed by atoms with Gasteiger partial charge in [-0.2, -0.15) is 0 Å². The first kappa shape index (κ1) is 15.8. The molecule has 0 radical (unpaired) electrons. The number of benzene rings is 1. The number of para-hydroxylation sites is 1. The van der Waals surface area contributed by atoms with Crippen LogP contribution in [0.3, 0.4) is 0 Å². The van der Waals surface area contributed by atoms with Crippen LogP contribution in [0.2, 0.25) is 0 Å². The van der Waals surface area contributed by atoms with Gasteiger partial charge in [-0.15, -0.1) is 6.58 Å². The molecule has 3 rings (SSSR count). The molecular weight excluding hydrogens is 290 g/mol. The van der Waals surface area contributed by atoms with Gasteiger partial charge in [0.15, 0.2) is 6.29 Å². The lowest BCUT2D eigenvalue weighted by Gasteiger charge is -2.36. The van der Waals surface area contributed by atoms with E-state index in [-0.39, 0.29) is 6.61 Å². The smallest absolute Gasteiger partial charge is 0.154 e. The minimum absolute atomic E-state index is 0.191. The molecule has 5 heteroatoms. The van der Waals surface area contributed by atoms with Gasteiger partial charge in [0, 0.05) is 44.7 Å². The van der Waals surface area contributed by atoms with E-state index in [0.717, 1.165) is 54.7 Å². The van der Waals surface area contributed by atoms with Crippen molar-refractivity contribution in [2.75, 3.05) is 44.2 Å². The molecule has 5 nitrogen and oxygen atoms in total. The van der Waals surface area contributed by atoms with Crippen molar-refractivity contribution in [2.45, 2.75) is 6.54 Å². The number of aldehydes is 1. The Morgan fingerprint density at radius 1 is 1.17 bits per heavy atom. The van der Waals surface area contributed by atoms with Gasteiger partial charge in [-0.3, -0.25) is 9.69 Å². The summed E-state index contributed by atoms with van der Waals surface area (Å²) in [6.07, 6.45) is 2.84. The molecule has 2 aromatic rings. The van der Waals surface area contributed by atoms with Crippen molar-refractivity contribution in [1.29, 1.82) is 0 Å². The second-order valence-electron chi connectivity index (χ2n) is 5.82. The maximum atomic E-state index is 11.8. The predicted octanol–water partition coefficient (Wildman–Crippen LogP) is 1.75. The third-order valence-corrected chi connectivity index (χ3v) is 4.50. The molecule has 1 aromatic heterocycles. The topological polar surface area (TPSA) is 48.7 Å². The zero-order valence-corrected chi connectivity index (χ0v) is 13.3. The molecule has 1 N–H and O–H groups in total. The Kier molecular flexibility index (Phi) is 4.79. The molecule has 0 aliphatic carbocycles. The number of hydrogen-bond acceptors (Lipinski definition) is 4. The Balaban J connectivity index is 2.01. The summed E-state index contributed by atoms with van der Waals surface area (Å²) in [5.74, 6) is 0.991. The highest BCUT2D eigenvalue weighted by molar-refractivity contribution is 6.04. The third-order valence-electron chi connectivity index (χ3n) is 4.50. The highest BCUT2D eigenvalue weighted by Gasteiger charge is 2.24. The van der Waals surface area contributed by atoms with Crippen LogP contribution in [0.15, 0.2) is 36.9 Å². The summed E-state index contributed by atoms with van der Waals surface area (Å²) in [5, 5.41) is 10.1. The minimum Gasteiger partial charge on any atom is -0.395 e. The molecule has 2 heterocycles. The van der Waals surface area contributed by atoms with Gasteiger partial charge in [-0.1, -0.05) is 24.3 Å². The molecule has 1 aliphatic rings. The molecule has 0 atom stereocenters. The number of aromatic nitrogens is 1. The number of carbonyl (C=O) groups excluding carboxylic acids is 1. The predicted molar refractivity (Wildman–Crippen MR) is 93.3 cm³/mol. The molecule has 0 spiro atoms. The number of nitrogens with zero attached hydrogens (tertiary/aromatic N) is 3. The number of hydrogen-bond donors (Lipinski definition) is 1. The maximum absolute atomic E-state index is 11.8. The largest absolute Gasteiger partial charge is 0.395 e. The van der Waals surface area contributed by atoms with Crippen molar-refractivity contribution < 1.29 is 9.90 Å². The van der Waals surface area contributed by atoms with Crippen LogP contribution in [-0.4, -0.2) is 60.2 Å². The number of anilines is 1. The van der Waals surface area contributed by atoms with Crippen LogP contribution in [0, 0.1) is 0 Å². The van der Waals surface area contributed by atoms with Gasteiger partial charge < -0.3 is 14.6 Å². The normalized spacial score (nSPS) is 16.0. The van der Waals surface area contributed by atoms with Crippen LogP contribution < -0.4 is 4.90 Å². The first-order valence-corrected chi connectivity index (χ1v) is 8.05. The maximum Gasteiger partial charge on any atom is 0.154 e. The number of piperazine rings is 1. The Bertz CT molecular complexity index is 700. The molecule has 1 fully saturated rings. The van der Waals surface area contributed by atoms with E-state index in [1.807, 2.05) is 24.3 Å². The van der Waals surface area contributed by atoms with Crippen LogP contribution in [0.4, 0.5) is 5.82 Å². The quantitative estimate of drug-likeness (QED) is 0.652. The lowest BCUT2D eigenvalue weighted by molar-refractivity contribution is 0.112. The molecule has 0 saturated carbocycles. The lowest BCUT2D eigenvalue weighted by Crippen LogP contribution is -2.48. The van der Waals surface area contributed by atoms with E-state index < -0.39 is 0 Å². The monoisotopic (exact) mass is 313 g/mol. The second kappa shape index (κ2) is 6.98. The minimum atomic E-state index is 0.191. The summed E-state index contributed by atoms with van der Waals surface area (Å²) in [7, 11) is 0. The van der Waals surface area contributed by atoms with Gasteiger partial charge in [0.25, 0.3) is 0 Å². The summed E-state index contributed by atoms with van der Waals surface area (Å²) in [6.45, 7) is 8.95. The van der Waals surface area contributed by atoms with Gasteiger partial charge in [0.05, 0.1) is 17.7 Å².